The predicted molar refractivity (Wildman–Crippen MR) is 55.3 cm³/mol. The highest BCUT2D eigenvalue weighted by atomic mass is 16.3. The van der Waals surface area contributed by atoms with Crippen LogP contribution in [-0.4, -0.2) is 10.7 Å². The lowest BCUT2D eigenvalue weighted by Gasteiger charge is -2.19. The molecule has 2 atom stereocenters. The zero-order chi connectivity index (χ0) is 9.73. The Morgan fingerprint density at radius 1 is 1.46 bits per heavy atom. The molecule has 1 nitrogen and oxygen atoms in total. The van der Waals surface area contributed by atoms with Crippen LogP contribution in [0.2, 0.25) is 0 Å². The summed E-state index contributed by atoms with van der Waals surface area (Å²) < 4.78 is 0. The van der Waals surface area contributed by atoms with Gasteiger partial charge in [-0.3, -0.25) is 0 Å². The van der Waals surface area contributed by atoms with Gasteiger partial charge in [0.1, 0.15) is 5.60 Å². The van der Waals surface area contributed by atoms with Crippen molar-refractivity contribution in [3.63, 3.8) is 0 Å². The Morgan fingerprint density at radius 2 is 2.23 bits per heavy atom. The summed E-state index contributed by atoms with van der Waals surface area (Å²) >= 11 is 0. The van der Waals surface area contributed by atoms with Crippen molar-refractivity contribution in [2.75, 3.05) is 0 Å². The molecule has 0 aromatic heterocycles. The fraction of sp³-hybridized carbons (Fsp3) is 0.833. The molecule has 1 aliphatic carbocycles. The van der Waals surface area contributed by atoms with Crippen LogP contribution in [0, 0.1) is 18.3 Å². The lowest BCUT2D eigenvalue weighted by atomic mass is 9.93. The van der Waals surface area contributed by atoms with E-state index < -0.39 is 5.60 Å². The highest BCUT2D eigenvalue weighted by Crippen LogP contribution is 2.31. The van der Waals surface area contributed by atoms with Crippen molar-refractivity contribution >= 4 is 0 Å². The molecule has 0 amide bonds. The van der Waals surface area contributed by atoms with Crippen molar-refractivity contribution in [2.24, 2.45) is 5.92 Å². The summed E-state index contributed by atoms with van der Waals surface area (Å²) in [6, 6.07) is 0. The van der Waals surface area contributed by atoms with Gasteiger partial charge in [0.15, 0.2) is 0 Å². The zero-order valence-electron chi connectivity index (χ0n) is 8.55. The molecule has 1 N–H and O–H groups in total. The first-order chi connectivity index (χ1) is 6.20. The second-order valence-electron chi connectivity index (χ2n) is 4.26. The molecule has 0 aliphatic heterocycles. The summed E-state index contributed by atoms with van der Waals surface area (Å²) in [5.41, 5.74) is -0.789. The van der Waals surface area contributed by atoms with Crippen molar-refractivity contribution in [3.8, 4) is 12.3 Å². The first kappa shape index (κ1) is 10.6. The average Bonchev–Trinajstić information content (AvgIpc) is 2.31. The molecule has 0 aromatic carbocycles. The number of hydrogen-bond acceptors (Lipinski definition) is 1. The van der Waals surface area contributed by atoms with Crippen LogP contribution < -0.4 is 0 Å². The smallest absolute Gasteiger partial charge is 0.125 e. The molecular weight excluding hydrogens is 160 g/mol. The highest BCUT2D eigenvalue weighted by molar-refractivity contribution is 5.07. The van der Waals surface area contributed by atoms with Gasteiger partial charge in [0.05, 0.1) is 0 Å². The van der Waals surface area contributed by atoms with Crippen LogP contribution in [0.15, 0.2) is 0 Å². The minimum Gasteiger partial charge on any atom is -0.378 e. The van der Waals surface area contributed by atoms with Gasteiger partial charge in [-0.25, -0.2) is 0 Å². The predicted octanol–water partition coefficient (Wildman–Crippen LogP) is 2.73. The molecular formula is C12H20O. The molecule has 1 heteroatoms. The minimum atomic E-state index is -0.789. The normalized spacial score (nSPS) is 35.0. The average molecular weight is 180 g/mol. The Kier molecular flexibility index (Phi) is 3.81. The molecule has 0 bridgehead atoms. The Balaban J connectivity index is 2.45. The topological polar surface area (TPSA) is 20.2 Å². The third-order valence-corrected chi connectivity index (χ3v) is 3.13. The van der Waals surface area contributed by atoms with E-state index in [1.165, 1.54) is 19.3 Å². The van der Waals surface area contributed by atoms with Gasteiger partial charge in [0.2, 0.25) is 0 Å². The number of rotatable bonds is 2. The van der Waals surface area contributed by atoms with Crippen LogP contribution in [0.25, 0.3) is 0 Å². The van der Waals surface area contributed by atoms with Crippen LogP contribution in [0.1, 0.15) is 51.9 Å². The largest absolute Gasteiger partial charge is 0.378 e. The Bertz CT molecular complexity index is 192. The SMILES string of the molecule is C#CC1(O)CCCC(CCC)CC1. The summed E-state index contributed by atoms with van der Waals surface area (Å²) in [5.74, 6) is 3.34. The summed E-state index contributed by atoms with van der Waals surface area (Å²) in [4.78, 5) is 0. The van der Waals surface area contributed by atoms with Gasteiger partial charge in [-0.1, -0.05) is 32.1 Å². The highest BCUT2D eigenvalue weighted by Gasteiger charge is 2.28. The number of aliphatic hydroxyl groups is 1. The molecule has 74 valence electrons. The first-order valence-corrected chi connectivity index (χ1v) is 5.40. The minimum absolute atomic E-state index is 0.789. The summed E-state index contributed by atoms with van der Waals surface area (Å²) in [6.07, 6.45) is 12.9. The van der Waals surface area contributed by atoms with Gasteiger partial charge in [-0.15, -0.1) is 6.42 Å². The molecule has 1 rings (SSSR count). The summed E-state index contributed by atoms with van der Waals surface area (Å²) in [7, 11) is 0. The Labute approximate surface area is 81.5 Å². The van der Waals surface area contributed by atoms with Crippen molar-refractivity contribution in [3.05, 3.63) is 0 Å². The van der Waals surface area contributed by atoms with E-state index in [2.05, 4.69) is 12.8 Å². The molecule has 2 unspecified atom stereocenters. The van der Waals surface area contributed by atoms with Gasteiger partial charge in [-0.2, -0.15) is 0 Å². The first-order valence-electron chi connectivity index (χ1n) is 5.40. The molecule has 13 heavy (non-hydrogen) atoms. The van der Waals surface area contributed by atoms with Crippen LogP contribution in [0.4, 0.5) is 0 Å². The summed E-state index contributed by atoms with van der Waals surface area (Å²) in [5, 5.41) is 9.91. The zero-order valence-corrected chi connectivity index (χ0v) is 8.55. The lowest BCUT2D eigenvalue weighted by molar-refractivity contribution is 0.0836. The van der Waals surface area contributed by atoms with E-state index in [0.29, 0.717) is 0 Å². The monoisotopic (exact) mass is 180 g/mol. The van der Waals surface area contributed by atoms with E-state index in [9.17, 15) is 5.11 Å². The third-order valence-electron chi connectivity index (χ3n) is 3.13. The molecule has 1 saturated carbocycles. The number of hydrogen-bond donors (Lipinski definition) is 1. The van der Waals surface area contributed by atoms with Crippen LogP contribution in [0.3, 0.4) is 0 Å². The van der Waals surface area contributed by atoms with E-state index in [-0.39, 0.29) is 0 Å². The van der Waals surface area contributed by atoms with E-state index >= 15 is 0 Å². The second kappa shape index (κ2) is 4.67. The second-order valence-corrected chi connectivity index (χ2v) is 4.26. The Hall–Kier alpha value is -0.480. The van der Waals surface area contributed by atoms with Crippen molar-refractivity contribution in [1.29, 1.82) is 0 Å². The van der Waals surface area contributed by atoms with Crippen LogP contribution in [0.5, 0.6) is 0 Å². The van der Waals surface area contributed by atoms with E-state index in [0.717, 1.165) is 31.6 Å². The van der Waals surface area contributed by atoms with E-state index in [1.807, 2.05) is 0 Å². The maximum absolute atomic E-state index is 9.91. The van der Waals surface area contributed by atoms with Gasteiger partial charge in [-0.05, 0) is 31.6 Å². The molecule has 1 fully saturated rings. The quantitative estimate of drug-likeness (QED) is 0.511. The standard InChI is InChI=1S/C12H20O/c1-3-6-11-7-5-9-12(13,4-2)10-8-11/h2,11,13H,3,5-10H2,1H3. The van der Waals surface area contributed by atoms with Crippen LogP contribution >= 0.6 is 0 Å². The van der Waals surface area contributed by atoms with Crippen LogP contribution in [-0.2, 0) is 0 Å². The lowest BCUT2D eigenvalue weighted by Crippen LogP contribution is -2.24. The summed E-state index contributed by atoms with van der Waals surface area (Å²) in [6.45, 7) is 2.22. The molecule has 0 heterocycles. The van der Waals surface area contributed by atoms with Crippen molar-refractivity contribution in [2.45, 2.75) is 57.5 Å². The molecule has 0 radical (unpaired) electrons. The fourth-order valence-electron chi connectivity index (χ4n) is 2.24. The molecule has 0 spiro atoms. The maximum atomic E-state index is 9.91. The molecule has 0 saturated heterocycles. The van der Waals surface area contributed by atoms with E-state index in [1.54, 1.807) is 0 Å². The Morgan fingerprint density at radius 3 is 2.85 bits per heavy atom. The van der Waals surface area contributed by atoms with Crippen molar-refractivity contribution in [1.82, 2.24) is 0 Å². The number of terminal acetylenes is 1. The molecule has 0 aromatic rings. The third kappa shape index (κ3) is 3.04. The fourth-order valence-corrected chi connectivity index (χ4v) is 2.24. The molecule has 1 aliphatic rings. The van der Waals surface area contributed by atoms with Gasteiger partial charge in [0, 0.05) is 0 Å². The van der Waals surface area contributed by atoms with Crippen molar-refractivity contribution < 1.29 is 5.11 Å². The van der Waals surface area contributed by atoms with Gasteiger partial charge >= 0.3 is 0 Å². The van der Waals surface area contributed by atoms with Gasteiger partial charge < -0.3 is 5.11 Å². The van der Waals surface area contributed by atoms with E-state index in [4.69, 9.17) is 6.42 Å². The maximum Gasteiger partial charge on any atom is 0.125 e. The van der Waals surface area contributed by atoms with Gasteiger partial charge in [0.25, 0.3) is 0 Å².